The first kappa shape index (κ1) is 25.9. The molecule has 4 rings (SSSR count). The van der Waals surface area contributed by atoms with E-state index in [0.29, 0.717) is 22.3 Å². The Morgan fingerprint density at radius 3 is 2.24 bits per heavy atom. The molecular formula is C25H24N4O6S2. The number of anilines is 2. The number of carbonyl (C=O) groups excluding carboxylic acids is 1. The molecule has 1 heterocycles. The van der Waals surface area contributed by atoms with E-state index in [1.807, 2.05) is 12.1 Å². The summed E-state index contributed by atoms with van der Waals surface area (Å²) in [5, 5.41) is 11.6. The van der Waals surface area contributed by atoms with Gasteiger partial charge in [0.1, 0.15) is 17.3 Å². The highest BCUT2D eigenvalue weighted by Crippen LogP contribution is 2.34. The van der Waals surface area contributed by atoms with Crippen LogP contribution < -0.4 is 23.8 Å². The Hall–Kier alpha value is -4.16. The zero-order valence-electron chi connectivity index (χ0n) is 20.2. The van der Waals surface area contributed by atoms with E-state index in [4.69, 9.17) is 14.2 Å². The predicted molar refractivity (Wildman–Crippen MR) is 141 cm³/mol. The number of sulfonamides is 1. The van der Waals surface area contributed by atoms with Crippen LogP contribution in [-0.4, -0.2) is 52.4 Å². The van der Waals surface area contributed by atoms with E-state index in [1.165, 1.54) is 43.8 Å². The number of rotatable bonds is 10. The molecule has 192 valence electrons. The van der Waals surface area contributed by atoms with E-state index in [9.17, 15) is 13.2 Å². The summed E-state index contributed by atoms with van der Waals surface area (Å²) in [6.45, 7) is -0.510. The fraction of sp³-hybridized carbons (Fsp3) is 0.160. The summed E-state index contributed by atoms with van der Waals surface area (Å²) in [4.78, 5) is 13.1. The monoisotopic (exact) mass is 540 g/mol. The molecule has 0 radical (unpaired) electrons. The van der Waals surface area contributed by atoms with Crippen molar-refractivity contribution >= 4 is 38.1 Å². The minimum absolute atomic E-state index is 0.0373. The Bertz CT molecular complexity index is 1470. The molecule has 3 aromatic carbocycles. The van der Waals surface area contributed by atoms with E-state index < -0.39 is 22.5 Å². The Morgan fingerprint density at radius 2 is 1.59 bits per heavy atom. The van der Waals surface area contributed by atoms with Crippen molar-refractivity contribution in [2.75, 3.05) is 37.5 Å². The lowest BCUT2D eigenvalue weighted by Gasteiger charge is -2.24. The summed E-state index contributed by atoms with van der Waals surface area (Å²) in [5.74, 6) is 0.859. The van der Waals surface area contributed by atoms with E-state index >= 15 is 0 Å². The molecule has 0 spiro atoms. The standard InChI is InChI=1S/C25H24N4O6S2/c1-33-19-12-9-17(10-13-19)24-27-28-25(36-24)26-23(30)16-29(37(31,32)20-7-5-4-6-8-20)18-11-14-21(34-2)22(15-18)35-3/h4-15H,16H2,1-3H3,(H,26,28,30). The van der Waals surface area contributed by atoms with Gasteiger partial charge in [-0.1, -0.05) is 29.5 Å². The molecule has 0 aliphatic heterocycles. The van der Waals surface area contributed by atoms with Gasteiger partial charge < -0.3 is 14.2 Å². The van der Waals surface area contributed by atoms with Crippen LogP contribution in [0.25, 0.3) is 10.6 Å². The van der Waals surface area contributed by atoms with Gasteiger partial charge in [0.05, 0.1) is 31.9 Å². The van der Waals surface area contributed by atoms with Crippen molar-refractivity contribution in [2.24, 2.45) is 0 Å². The number of carbonyl (C=O) groups is 1. The van der Waals surface area contributed by atoms with Crippen molar-refractivity contribution in [2.45, 2.75) is 4.90 Å². The average Bonchev–Trinajstić information content (AvgIpc) is 3.40. The number of hydrogen-bond acceptors (Lipinski definition) is 9. The topological polar surface area (TPSA) is 120 Å². The number of aromatic nitrogens is 2. The second-order valence-corrected chi connectivity index (χ2v) is 10.4. The number of ether oxygens (including phenoxy) is 3. The van der Waals surface area contributed by atoms with Crippen LogP contribution in [0, 0.1) is 0 Å². The number of amides is 1. The molecule has 10 nitrogen and oxygen atoms in total. The van der Waals surface area contributed by atoms with Crippen LogP contribution >= 0.6 is 11.3 Å². The lowest BCUT2D eigenvalue weighted by Crippen LogP contribution is -2.38. The smallest absolute Gasteiger partial charge is 0.264 e. The van der Waals surface area contributed by atoms with Crippen molar-refractivity contribution in [3.05, 3.63) is 72.8 Å². The van der Waals surface area contributed by atoms with Gasteiger partial charge in [-0.3, -0.25) is 14.4 Å². The number of methoxy groups -OCH3 is 3. The predicted octanol–water partition coefficient (Wildman–Crippen LogP) is 4.06. The van der Waals surface area contributed by atoms with Crippen molar-refractivity contribution in [1.82, 2.24) is 10.2 Å². The normalized spacial score (nSPS) is 11.0. The molecule has 1 N–H and O–H groups in total. The third kappa shape index (κ3) is 5.81. The summed E-state index contributed by atoms with van der Waals surface area (Å²) in [5.41, 5.74) is 1.03. The number of nitrogens with one attached hydrogen (secondary N) is 1. The van der Waals surface area contributed by atoms with Crippen molar-refractivity contribution in [1.29, 1.82) is 0 Å². The molecular weight excluding hydrogens is 516 g/mol. The first-order valence-electron chi connectivity index (χ1n) is 10.9. The SMILES string of the molecule is COc1ccc(-c2nnc(NC(=O)CN(c3ccc(OC)c(OC)c3)S(=O)(=O)c3ccccc3)s2)cc1. The minimum atomic E-state index is -4.10. The van der Waals surface area contributed by atoms with Crippen LogP contribution in [0.5, 0.6) is 17.2 Å². The molecule has 0 unspecified atom stereocenters. The van der Waals surface area contributed by atoms with Gasteiger partial charge in [0, 0.05) is 11.6 Å². The highest BCUT2D eigenvalue weighted by molar-refractivity contribution is 7.92. The van der Waals surface area contributed by atoms with Gasteiger partial charge in [0.2, 0.25) is 11.0 Å². The molecule has 37 heavy (non-hydrogen) atoms. The highest BCUT2D eigenvalue weighted by atomic mass is 32.2. The Morgan fingerprint density at radius 1 is 0.892 bits per heavy atom. The van der Waals surface area contributed by atoms with Gasteiger partial charge in [-0.15, -0.1) is 10.2 Å². The van der Waals surface area contributed by atoms with Crippen LogP contribution in [0.15, 0.2) is 77.7 Å². The summed E-state index contributed by atoms with van der Waals surface area (Å²) in [6, 6.07) is 19.7. The zero-order chi connectivity index (χ0) is 26.4. The van der Waals surface area contributed by atoms with Gasteiger partial charge in [0.25, 0.3) is 10.0 Å². The number of nitrogens with zero attached hydrogens (tertiary/aromatic N) is 3. The fourth-order valence-electron chi connectivity index (χ4n) is 3.43. The lowest BCUT2D eigenvalue weighted by atomic mass is 10.2. The van der Waals surface area contributed by atoms with Crippen LogP contribution in [0.3, 0.4) is 0 Å². The van der Waals surface area contributed by atoms with Crippen LogP contribution in [0.4, 0.5) is 10.8 Å². The van der Waals surface area contributed by atoms with Crippen molar-refractivity contribution in [3.63, 3.8) is 0 Å². The largest absolute Gasteiger partial charge is 0.497 e. The average molecular weight is 541 g/mol. The summed E-state index contributed by atoms with van der Waals surface area (Å²) < 4.78 is 43.9. The van der Waals surface area contributed by atoms with E-state index in [-0.39, 0.29) is 15.7 Å². The summed E-state index contributed by atoms with van der Waals surface area (Å²) in [7, 11) is 0.404. The first-order valence-corrected chi connectivity index (χ1v) is 13.2. The molecule has 12 heteroatoms. The Kier molecular flexibility index (Phi) is 7.89. The second kappa shape index (κ2) is 11.3. The lowest BCUT2D eigenvalue weighted by molar-refractivity contribution is -0.114. The van der Waals surface area contributed by atoms with Gasteiger partial charge in [-0.25, -0.2) is 8.42 Å². The Balaban J connectivity index is 1.60. The molecule has 4 aromatic rings. The van der Waals surface area contributed by atoms with Crippen LogP contribution in [-0.2, 0) is 14.8 Å². The second-order valence-electron chi connectivity index (χ2n) is 7.55. The maximum absolute atomic E-state index is 13.6. The molecule has 0 aliphatic carbocycles. The molecule has 0 saturated heterocycles. The minimum Gasteiger partial charge on any atom is -0.497 e. The summed E-state index contributed by atoms with van der Waals surface area (Å²) >= 11 is 1.17. The first-order chi connectivity index (χ1) is 17.8. The molecule has 0 bridgehead atoms. The molecule has 0 fully saturated rings. The maximum Gasteiger partial charge on any atom is 0.264 e. The molecule has 0 aliphatic rings. The van der Waals surface area contributed by atoms with Crippen molar-refractivity contribution in [3.8, 4) is 27.8 Å². The molecule has 0 atom stereocenters. The Labute approximate surface area is 218 Å². The fourth-order valence-corrected chi connectivity index (χ4v) is 5.63. The van der Waals surface area contributed by atoms with Crippen molar-refractivity contribution < 1.29 is 27.4 Å². The van der Waals surface area contributed by atoms with Crippen LogP contribution in [0.1, 0.15) is 0 Å². The quantitative estimate of drug-likeness (QED) is 0.320. The van der Waals surface area contributed by atoms with Gasteiger partial charge in [-0.2, -0.15) is 0 Å². The molecule has 0 saturated carbocycles. The third-order valence-electron chi connectivity index (χ3n) is 5.28. The van der Waals surface area contributed by atoms with Crippen LogP contribution in [0.2, 0.25) is 0 Å². The number of benzene rings is 3. The third-order valence-corrected chi connectivity index (χ3v) is 7.96. The van der Waals surface area contributed by atoms with E-state index in [2.05, 4.69) is 15.5 Å². The number of hydrogen-bond donors (Lipinski definition) is 1. The highest BCUT2D eigenvalue weighted by Gasteiger charge is 2.28. The van der Waals surface area contributed by atoms with Gasteiger partial charge in [0.15, 0.2) is 11.5 Å². The maximum atomic E-state index is 13.6. The molecule has 1 aromatic heterocycles. The zero-order valence-corrected chi connectivity index (χ0v) is 21.9. The van der Waals surface area contributed by atoms with E-state index in [1.54, 1.807) is 49.6 Å². The van der Waals surface area contributed by atoms with Gasteiger partial charge in [-0.05, 0) is 48.5 Å². The molecule has 1 amide bonds. The summed E-state index contributed by atoms with van der Waals surface area (Å²) in [6.07, 6.45) is 0. The van der Waals surface area contributed by atoms with Gasteiger partial charge >= 0.3 is 0 Å². The van der Waals surface area contributed by atoms with E-state index in [0.717, 1.165) is 9.87 Å².